The molecule has 0 radical (unpaired) electrons. The quantitative estimate of drug-likeness (QED) is 0.760. The van der Waals surface area contributed by atoms with Crippen LogP contribution >= 0.6 is 0 Å². The van der Waals surface area contributed by atoms with Gasteiger partial charge in [0.25, 0.3) is 0 Å². The summed E-state index contributed by atoms with van der Waals surface area (Å²) in [7, 11) is 1.95. The molecular formula is C25H29NO2. The van der Waals surface area contributed by atoms with Crippen LogP contribution in [-0.2, 0) is 6.42 Å². The van der Waals surface area contributed by atoms with E-state index in [-0.39, 0.29) is 6.10 Å². The van der Waals surface area contributed by atoms with Crippen molar-refractivity contribution >= 4 is 5.69 Å². The van der Waals surface area contributed by atoms with Crippen molar-refractivity contribution in [1.29, 1.82) is 0 Å². The van der Waals surface area contributed by atoms with Gasteiger partial charge in [-0.2, -0.15) is 0 Å². The van der Waals surface area contributed by atoms with E-state index in [4.69, 9.17) is 4.74 Å². The second-order valence-electron chi connectivity index (χ2n) is 9.56. The van der Waals surface area contributed by atoms with Crippen molar-refractivity contribution in [2.45, 2.75) is 50.5 Å². The summed E-state index contributed by atoms with van der Waals surface area (Å²) in [5.74, 6) is 4.42. The molecule has 3 saturated carbocycles. The van der Waals surface area contributed by atoms with Crippen LogP contribution in [0, 0.1) is 23.2 Å². The molecule has 28 heavy (non-hydrogen) atoms. The van der Waals surface area contributed by atoms with E-state index in [0.717, 1.165) is 35.6 Å². The summed E-state index contributed by atoms with van der Waals surface area (Å²) < 4.78 is 6.72. The van der Waals surface area contributed by atoms with Crippen LogP contribution in [0.15, 0.2) is 42.5 Å². The van der Waals surface area contributed by atoms with Gasteiger partial charge in [-0.05, 0) is 109 Å². The molecule has 0 aromatic heterocycles. The second kappa shape index (κ2) is 5.92. The molecule has 6 rings (SSSR count). The molecule has 3 heteroatoms. The maximum absolute atomic E-state index is 10.00. The second-order valence-corrected chi connectivity index (χ2v) is 9.56. The smallest absolute Gasteiger partial charge is 0.119 e. The number of fused-ring (bicyclic) bond motifs is 4. The third-order valence-corrected chi connectivity index (χ3v) is 8.47. The van der Waals surface area contributed by atoms with E-state index in [0.29, 0.717) is 17.1 Å². The Balaban J connectivity index is 1.38. The number of phenolic OH excluding ortho intramolecular Hbond substituents is 1. The predicted octanol–water partition coefficient (Wildman–Crippen LogP) is 5.35. The van der Waals surface area contributed by atoms with Gasteiger partial charge < -0.3 is 15.2 Å². The molecule has 4 aliphatic carbocycles. The van der Waals surface area contributed by atoms with Crippen molar-refractivity contribution in [3.8, 4) is 11.5 Å². The lowest BCUT2D eigenvalue weighted by atomic mass is 9.57. The number of ether oxygens (including phenoxy) is 1. The number of aryl methyl sites for hydroxylation is 1. The third-order valence-electron chi connectivity index (χ3n) is 8.47. The van der Waals surface area contributed by atoms with Gasteiger partial charge in [-0.25, -0.2) is 0 Å². The zero-order valence-corrected chi connectivity index (χ0v) is 16.5. The Morgan fingerprint density at radius 3 is 2.68 bits per heavy atom. The van der Waals surface area contributed by atoms with Gasteiger partial charge >= 0.3 is 0 Å². The number of anilines is 1. The molecule has 0 amide bonds. The molecule has 146 valence electrons. The van der Waals surface area contributed by atoms with Crippen molar-refractivity contribution in [3.63, 3.8) is 0 Å². The van der Waals surface area contributed by atoms with Gasteiger partial charge in [0.05, 0.1) is 0 Å². The minimum absolute atomic E-state index is 0.244. The van der Waals surface area contributed by atoms with Crippen LogP contribution in [-0.4, -0.2) is 18.3 Å². The molecule has 0 heterocycles. The molecule has 0 bridgehead atoms. The summed E-state index contributed by atoms with van der Waals surface area (Å²) in [6.07, 6.45) is 8.08. The van der Waals surface area contributed by atoms with Gasteiger partial charge in [-0.3, -0.25) is 0 Å². The van der Waals surface area contributed by atoms with E-state index in [1.807, 2.05) is 19.2 Å². The Morgan fingerprint density at radius 2 is 1.89 bits per heavy atom. The summed E-state index contributed by atoms with van der Waals surface area (Å²) in [5, 5.41) is 13.2. The fourth-order valence-electron chi connectivity index (χ4n) is 7.24. The number of rotatable bonds is 3. The van der Waals surface area contributed by atoms with Gasteiger partial charge in [-0.15, -0.1) is 0 Å². The Morgan fingerprint density at radius 1 is 1.04 bits per heavy atom. The van der Waals surface area contributed by atoms with Crippen LogP contribution in [0.25, 0.3) is 0 Å². The lowest BCUT2D eigenvalue weighted by Crippen LogP contribution is -2.46. The zero-order valence-electron chi connectivity index (χ0n) is 16.5. The highest BCUT2D eigenvalue weighted by Crippen LogP contribution is 2.75. The summed E-state index contributed by atoms with van der Waals surface area (Å²) in [5.41, 5.74) is 4.46. The molecule has 3 nitrogen and oxygen atoms in total. The number of phenols is 1. The summed E-state index contributed by atoms with van der Waals surface area (Å²) in [6.45, 7) is 0. The summed E-state index contributed by atoms with van der Waals surface area (Å²) >= 11 is 0. The monoisotopic (exact) mass is 375 g/mol. The van der Waals surface area contributed by atoms with Crippen molar-refractivity contribution in [2.75, 3.05) is 12.4 Å². The van der Waals surface area contributed by atoms with Crippen LogP contribution in [0.1, 0.15) is 49.1 Å². The van der Waals surface area contributed by atoms with E-state index < -0.39 is 0 Å². The maximum atomic E-state index is 10.00. The van der Waals surface area contributed by atoms with E-state index in [9.17, 15) is 5.11 Å². The Hall–Kier alpha value is -2.16. The summed E-state index contributed by atoms with van der Waals surface area (Å²) in [4.78, 5) is 0. The number of hydrogen-bond donors (Lipinski definition) is 2. The lowest BCUT2D eigenvalue weighted by Gasteiger charge is -2.49. The molecule has 3 unspecified atom stereocenters. The van der Waals surface area contributed by atoms with Gasteiger partial charge in [0.2, 0.25) is 0 Å². The van der Waals surface area contributed by atoms with E-state index >= 15 is 0 Å². The topological polar surface area (TPSA) is 41.5 Å². The molecule has 1 spiro atoms. The molecule has 3 fully saturated rings. The Bertz CT molecular complexity index is 907. The van der Waals surface area contributed by atoms with E-state index in [1.54, 1.807) is 0 Å². The molecule has 2 aromatic rings. The van der Waals surface area contributed by atoms with Crippen molar-refractivity contribution in [2.24, 2.45) is 23.2 Å². The standard InChI is InChI=1S/C25H29NO2/c1-26-17-4-7-19(8-5-17)28-23-14-25-13-16(25)3-11-22(25)21-9-2-15-12-18(27)6-10-20(15)24(21)23/h4-8,10,12,16,21-24,26-27H,2-3,9,11,13-14H2,1H3/t16-,21?,22?,23+,24-,25?/m1/s1. The minimum Gasteiger partial charge on any atom is -0.508 e. The van der Waals surface area contributed by atoms with Crippen molar-refractivity contribution in [1.82, 2.24) is 0 Å². The molecule has 4 aliphatic rings. The molecule has 0 saturated heterocycles. The van der Waals surface area contributed by atoms with Crippen LogP contribution in [0.3, 0.4) is 0 Å². The van der Waals surface area contributed by atoms with Gasteiger partial charge in [0.1, 0.15) is 17.6 Å². The van der Waals surface area contributed by atoms with Crippen molar-refractivity contribution < 1.29 is 9.84 Å². The first kappa shape index (κ1) is 16.8. The number of nitrogens with one attached hydrogen (secondary N) is 1. The number of hydrogen-bond acceptors (Lipinski definition) is 3. The highest BCUT2D eigenvalue weighted by atomic mass is 16.5. The largest absolute Gasteiger partial charge is 0.508 e. The minimum atomic E-state index is 0.244. The first-order valence-electron chi connectivity index (χ1n) is 10.9. The molecule has 2 aromatic carbocycles. The molecular weight excluding hydrogens is 346 g/mol. The highest BCUT2D eigenvalue weighted by Gasteiger charge is 2.68. The number of aromatic hydroxyl groups is 1. The summed E-state index contributed by atoms with van der Waals surface area (Å²) in [6, 6.07) is 14.4. The fraction of sp³-hybridized carbons (Fsp3) is 0.520. The number of benzene rings is 2. The Kier molecular flexibility index (Phi) is 3.54. The van der Waals surface area contributed by atoms with Crippen LogP contribution < -0.4 is 10.1 Å². The predicted molar refractivity (Wildman–Crippen MR) is 111 cm³/mol. The zero-order chi connectivity index (χ0) is 18.9. The van der Waals surface area contributed by atoms with Crippen LogP contribution in [0.4, 0.5) is 5.69 Å². The van der Waals surface area contributed by atoms with Crippen LogP contribution in [0.2, 0.25) is 0 Å². The van der Waals surface area contributed by atoms with Gasteiger partial charge in [0, 0.05) is 18.7 Å². The fourth-order valence-corrected chi connectivity index (χ4v) is 7.24. The van der Waals surface area contributed by atoms with Crippen molar-refractivity contribution in [3.05, 3.63) is 53.6 Å². The average Bonchev–Trinajstić information content (AvgIpc) is 3.28. The third kappa shape index (κ3) is 2.34. The van der Waals surface area contributed by atoms with Crippen LogP contribution in [0.5, 0.6) is 11.5 Å². The van der Waals surface area contributed by atoms with Gasteiger partial charge in [0.15, 0.2) is 0 Å². The highest BCUT2D eigenvalue weighted by molar-refractivity contribution is 5.46. The molecule has 6 atom stereocenters. The Labute approximate surface area is 167 Å². The average molecular weight is 376 g/mol. The normalized spacial score (nSPS) is 37.2. The lowest BCUT2D eigenvalue weighted by molar-refractivity contribution is 0.00360. The first-order valence-corrected chi connectivity index (χ1v) is 10.9. The van der Waals surface area contributed by atoms with Gasteiger partial charge in [-0.1, -0.05) is 6.07 Å². The van der Waals surface area contributed by atoms with E-state index in [2.05, 4.69) is 35.6 Å². The SMILES string of the molecule is CNc1ccc(O[C@H]2CC34C[C@H]3CCC4C3CCc4cc(O)ccc4[C@H]32)cc1. The first-order chi connectivity index (χ1) is 13.7. The maximum Gasteiger partial charge on any atom is 0.119 e. The van der Waals surface area contributed by atoms with E-state index in [1.165, 1.54) is 43.2 Å². The molecule has 0 aliphatic heterocycles. The molecule has 2 N–H and O–H groups in total.